The maximum absolute atomic E-state index is 12.5. The fourth-order valence-corrected chi connectivity index (χ4v) is 4.34. The number of likely N-dealkylation sites (tertiary alicyclic amines) is 1. The summed E-state index contributed by atoms with van der Waals surface area (Å²) in [7, 11) is 0. The Morgan fingerprint density at radius 3 is 2.61 bits per heavy atom. The minimum absolute atomic E-state index is 0.00377. The number of hydrogen-bond acceptors (Lipinski definition) is 7. The van der Waals surface area contributed by atoms with Gasteiger partial charge in [-0.25, -0.2) is 4.79 Å². The Kier molecular flexibility index (Phi) is 5.51. The fourth-order valence-electron chi connectivity index (χ4n) is 4.34. The molecule has 1 amide bonds. The van der Waals surface area contributed by atoms with Crippen LogP contribution in [0.4, 0.5) is 10.6 Å². The lowest BCUT2D eigenvalue weighted by Gasteiger charge is -2.37. The molecule has 0 radical (unpaired) electrons. The lowest BCUT2D eigenvalue weighted by atomic mass is 10.0. The average Bonchev–Trinajstić information content (AvgIpc) is 3.11. The van der Waals surface area contributed by atoms with Gasteiger partial charge in [-0.05, 0) is 63.9 Å². The van der Waals surface area contributed by atoms with Gasteiger partial charge >= 0.3 is 6.09 Å². The smallest absolute Gasteiger partial charge is 0.410 e. The van der Waals surface area contributed by atoms with Crippen LogP contribution in [-0.4, -0.2) is 70.3 Å². The molecule has 3 heterocycles. The van der Waals surface area contributed by atoms with Gasteiger partial charge in [0.1, 0.15) is 11.4 Å². The van der Waals surface area contributed by atoms with Gasteiger partial charge in [0, 0.05) is 18.7 Å². The Labute approximate surface area is 182 Å². The number of aromatic hydroxyl groups is 1. The number of benzene rings is 1. The van der Waals surface area contributed by atoms with E-state index in [0.29, 0.717) is 37.5 Å². The number of fused-ring (bicyclic) bond motifs is 1. The number of carbonyl (C=O) groups excluding carboxylic acids is 1. The first-order valence-corrected chi connectivity index (χ1v) is 10.6. The molecule has 8 nitrogen and oxygen atoms in total. The minimum atomic E-state index is -0.535. The second-order valence-corrected chi connectivity index (χ2v) is 9.31. The van der Waals surface area contributed by atoms with Crippen molar-refractivity contribution in [3.05, 3.63) is 35.4 Å². The molecule has 0 bridgehead atoms. The molecule has 1 aromatic carbocycles. The van der Waals surface area contributed by atoms with Gasteiger partial charge in [0.2, 0.25) is 0 Å². The first kappa shape index (κ1) is 21.4. The predicted molar refractivity (Wildman–Crippen MR) is 117 cm³/mol. The van der Waals surface area contributed by atoms with Gasteiger partial charge in [0.25, 0.3) is 0 Å². The molecule has 1 N–H and O–H groups in total. The van der Waals surface area contributed by atoms with Crippen LogP contribution in [0.5, 0.6) is 5.75 Å². The van der Waals surface area contributed by atoms with E-state index in [1.54, 1.807) is 11.0 Å². The monoisotopic (exact) mass is 426 g/mol. The van der Waals surface area contributed by atoms with Crippen molar-refractivity contribution >= 4 is 11.9 Å². The van der Waals surface area contributed by atoms with Crippen LogP contribution in [-0.2, 0) is 9.47 Å². The van der Waals surface area contributed by atoms with Crippen molar-refractivity contribution in [1.29, 1.82) is 0 Å². The number of morpholine rings is 1. The van der Waals surface area contributed by atoms with E-state index >= 15 is 0 Å². The molecular formula is C23H30N4O4. The Hall–Kier alpha value is -2.87. The Bertz CT molecular complexity index is 948. The largest absolute Gasteiger partial charge is 0.507 e. The molecule has 166 valence electrons. The van der Waals surface area contributed by atoms with Gasteiger partial charge in [-0.2, -0.15) is 0 Å². The number of aryl methyl sites for hydroxylation is 2. The molecule has 2 aromatic rings. The molecular weight excluding hydrogens is 396 g/mol. The highest BCUT2D eigenvalue weighted by molar-refractivity contribution is 5.71. The Morgan fingerprint density at radius 2 is 1.97 bits per heavy atom. The van der Waals surface area contributed by atoms with E-state index in [9.17, 15) is 9.90 Å². The molecule has 0 spiro atoms. The highest BCUT2D eigenvalue weighted by atomic mass is 16.6. The van der Waals surface area contributed by atoms with E-state index in [1.165, 1.54) is 0 Å². The number of phenols is 1. The van der Waals surface area contributed by atoms with Crippen LogP contribution in [0.3, 0.4) is 0 Å². The summed E-state index contributed by atoms with van der Waals surface area (Å²) in [5.41, 5.74) is 2.74. The third kappa shape index (κ3) is 4.44. The fraction of sp³-hybridized carbons (Fsp3) is 0.522. The lowest BCUT2D eigenvalue weighted by Crippen LogP contribution is -2.51. The van der Waals surface area contributed by atoms with Crippen LogP contribution in [0.15, 0.2) is 24.3 Å². The zero-order valence-corrected chi connectivity index (χ0v) is 18.8. The zero-order valence-electron chi connectivity index (χ0n) is 18.8. The van der Waals surface area contributed by atoms with Gasteiger partial charge in [-0.15, -0.1) is 10.2 Å². The Balaban J connectivity index is 1.53. The number of amides is 1. The number of anilines is 1. The maximum Gasteiger partial charge on any atom is 0.410 e. The molecule has 4 rings (SSSR count). The second-order valence-electron chi connectivity index (χ2n) is 9.31. The van der Waals surface area contributed by atoms with Crippen LogP contribution in [0.2, 0.25) is 0 Å². The molecule has 0 aliphatic carbocycles. The summed E-state index contributed by atoms with van der Waals surface area (Å²) in [6.45, 7) is 11.7. The molecule has 2 saturated heterocycles. The van der Waals surface area contributed by atoms with Crippen LogP contribution in [0, 0.1) is 13.8 Å². The molecule has 2 fully saturated rings. The van der Waals surface area contributed by atoms with E-state index in [2.05, 4.69) is 15.1 Å². The molecule has 2 unspecified atom stereocenters. The standard InChI is InChI=1S/C23H30N4O4/c1-14-10-15(2)21(18(28)11-14)16-6-7-20(25-24-16)27-8-9-30-19-13-26(12-17(19)27)22(29)31-23(3,4)5/h6-7,10-11,17,19,28H,8-9,12-13H2,1-5H3. The van der Waals surface area contributed by atoms with Crippen LogP contribution >= 0.6 is 0 Å². The van der Waals surface area contributed by atoms with E-state index in [1.807, 2.05) is 52.8 Å². The number of rotatable bonds is 2. The van der Waals surface area contributed by atoms with Crippen LogP contribution in [0.1, 0.15) is 31.9 Å². The summed E-state index contributed by atoms with van der Waals surface area (Å²) in [4.78, 5) is 16.4. The normalized spacial score (nSPS) is 21.2. The van der Waals surface area contributed by atoms with Crippen LogP contribution in [0.25, 0.3) is 11.3 Å². The van der Waals surface area contributed by atoms with Gasteiger partial charge in [0.15, 0.2) is 5.82 Å². The molecule has 2 aliphatic heterocycles. The molecule has 1 aromatic heterocycles. The third-order valence-electron chi connectivity index (χ3n) is 5.61. The van der Waals surface area contributed by atoms with Gasteiger partial charge < -0.3 is 24.4 Å². The van der Waals surface area contributed by atoms with Crippen molar-refractivity contribution in [2.24, 2.45) is 0 Å². The molecule has 31 heavy (non-hydrogen) atoms. The lowest BCUT2D eigenvalue weighted by molar-refractivity contribution is 0.0162. The molecule has 0 saturated carbocycles. The predicted octanol–water partition coefficient (Wildman–Crippen LogP) is 3.29. The highest BCUT2D eigenvalue weighted by Gasteiger charge is 2.43. The summed E-state index contributed by atoms with van der Waals surface area (Å²) in [6.07, 6.45) is -0.414. The van der Waals surface area contributed by atoms with Crippen molar-refractivity contribution in [1.82, 2.24) is 15.1 Å². The summed E-state index contributed by atoms with van der Waals surface area (Å²) in [5, 5.41) is 19.2. The highest BCUT2D eigenvalue weighted by Crippen LogP contribution is 2.33. The summed E-state index contributed by atoms with van der Waals surface area (Å²) < 4.78 is 11.5. The average molecular weight is 427 g/mol. The van der Waals surface area contributed by atoms with Crippen molar-refractivity contribution in [2.75, 3.05) is 31.1 Å². The number of carbonyl (C=O) groups is 1. The summed E-state index contributed by atoms with van der Waals surface area (Å²) in [5.74, 6) is 0.937. The Morgan fingerprint density at radius 1 is 1.19 bits per heavy atom. The minimum Gasteiger partial charge on any atom is -0.507 e. The number of nitrogens with zero attached hydrogens (tertiary/aromatic N) is 4. The van der Waals surface area contributed by atoms with Crippen LogP contribution < -0.4 is 4.90 Å². The van der Waals surface area contributed by atoms with Gasteiger partial charge in [-0.3, -0.25) is 0 Å². The maximum atomic E-state index is 12.5. The zero-order chi connectivity index (χ0) is 22.3. The van der Waals surface area contributed by atoms with Gasteiger partial charge in [0.05, 0.1) is 31.0 Å². The van der Waals surface area contributed by atoms with Crippen molar-refractivity contribution < 1.29 is 19.4 Å². The first-order chi connectivity index (χ1) is 14.6. The number of ether oxygens (including phenoxy) is 2. The molecule has 8 heteroatoms. The third-order valence-corrected chi connectivity index (χ3v) is 5.61. The first-order valence-electron chi connectivity index (χ1n) is 10.6. The van der Waals surface area contributed by atoms with Crippen molar-refractivity contribution in [3.8, 4) is 17.0 Å². The summed E-state index contributed by atoms with van der Waals surface area (Å²) in [6, 6.07) is 7.54. The molecule has 2 aliphatic rings. The van der Waals surface area contributed by atoms with E-state index < -0.39 is 5.60 Å². The number of phenolic OH excluding ortho intramolecular Hbond substituents is 1. The number of hydrogen-bond donors (Lipinski definition) is 1. The van der Waals surface area contributed by atoms with Crippen molar-refractivity contribution in [2.45, 2.75) is 52.4 Å². The number of aromatic nitrogens is 2. The van der Waals surface area contributed by atoms with E-state index in [4.69, 9.17) is 9.47 Å². The van der Waals surface area contributed by atoms with E-state index in [0.717, 1.165) is 16.9 Å². The SMILES string of the molecule is Cc1cc(C)c(-c2ccc(N3CCOC4CN(C(=O)OC(C)(C)C)CC43)nn2)c(O)c1. The molecule has 2 atom stereocenters. The van der Waals surface area contributed by atoms with Gasteiger partial charge in [-0.1, -0.05) is 6.07 Å². The summed E-state index contributed by atoms with van der Waals surface area (Å²) >= 11 is 0. The quantitative estimate of drug-likeness (QED) is 0.788. The topological polar surface area (TPSA) is 88.0 Å². The second kappa shape index (κ2) is 8.00. The van der Waals surface area contributed by atoms with E-state index in [-0.39, 0.29) is 24.0 Å². The van der Waals surface area contributed by atoms with Crippen molar-refractivity contribution in [3.63, 3.8) is 0 Å².